The van der Waals surface area contributed by atoms with E-state index in [2.05, 4.69) is 422 Å². The van der Waals surface area contributed by atoms with Crippen LogP contribution in [-0.2, 0) is 0 Å². The zero-order chi connectivity index (χ0) is 84.6. The van der Waals surface area contributed by atoms with E-state index in [9.17, 15) is 0 Å². The summed E-state index contributed by atoms with van der Waals surface area (Å²) in [6.07, 6.45) is 25.9. The molecule has 0 atom stereocenters. The molecule has 18 rings (SSSR count). The first-order chi connectivity index (χ1) is 58.7. The summed E-state index contributed by atoms with van der Waals surface area (Å²) in [5.74, 6) is 0.902. The Morgan fingerprint density at radius 3 is 0.828 bits per heavy atom. The average Bonchev–Trinajstić information content (AvgIpc) is 1.00. The van der Waals surface area contributed by atoms with Crippen molar-refractivity contribution in [2.75, 3.05) is 0 Å². The molecule has 9 heteroatoms. The number of aryl methyl sites for hydroxylation is 11. The van der Waals surface area contributed by atoms with E-state index in [-0.39, 0.29) is 13.5 Å². The highest BCUT2D eigenvalue weighted by Crippen LogP contribution is 2.29. The molecule has 0 saturated carbocycles. The van der Waals surface area contributed by atoms with E-state index in [0.29, 0.717) is 0 Å². The summed E-state index contributed by atoms with van der Waals surface area (Å²) in [6.45, 7) is 26.8. The number of fused-ring (bicyclic) bond motifs is 6. The zero-order valence-corrected chi connectivity index (χ0v) is 72.9. The van der Waals surface area contributed by atoms with Crippen LogP contribution >= 0.6 is 22.7 Å². The Hall–Kier alpha value is -13.7. The first kappa shape index (κ1) is 87.6. The molecule has 8 aromatic heterocycles. The fourth-order valence-electron chi connectivity index (χ4n) is 13.7. The van der Waals surface area contributed by atoms with Gasteiger partial charge in [0.1, 0.15) is 5.75 Å². The van der Waals surface area contributed by atoms with Crippen LogP contribution in [-0.4, -0.2) is 36.0 Å². The van der Waals surface area contributed by atoms with Crippen LogP contribution in [0.5, 0.6) is 5.75 Å². The molecule has 0 N–H and O–H groups in total. The van der Waals surface area contributed by atoms with Crippen LogP contribution in [0.1, 0.15) is 148 Å². The first-order valence-electron chi connectivity index (χ1n) is 41.1. The van der Waals surface area contributed by atoms with Gasteiger partial charge in [-0.25, -0.2) is 0 Å². The summed E-state index contributed by atoms with van der Waals surface area (Å²) in [5, 5.41) is 9.26. The van der Waals surface area contributed by atoms with E-state index < -0.39 is 0 Å². The molecule has 0 fully saturated rings. The maximum atomic E-state index is 5.67. The largest absolute Gasteiger partial charge is 0.491 e. The van der Waals surface area contributed by atoms with E-state index in [4.69, 9.17) is 4.74 Å². The number of benzene rings is 10. The Morgan fingerprint density at radius 1 is 0.246 bits per heavy atom. The molecule has 0 aliphatic carbocycles. The zero-order valence-electron chi connectivity index (χ0n) is 71.3. The van der Waals surface area contributed by atoms with Gasteiger partial charge in [0, 0.05) is 114 Å². The Bertz CT molecular complexity index is 6530. The lowest BCUT2D eigenvalue weighted by molar-refractivity contribution is 0.242. The quantitative estimate of drug-likeness (QED) is 0.100. The predicted molar refractivity (Wildman–Crippen MR) is 533 cm³/mol. The fraction of sp³-hybridized carbons (Fsp3) is 0.133. The van der Waals surface area contributed by atoms with Crippen molar-refractivity contribution in [3.8, 4) is 5.75 Å². The maximum Gasteiger partial charge on any atom is 0.119 e. The van der Waals surface area contributed by atoms with Gasteiger partial charge >= 0.3 is 0 Å². The summed E-state index contributed by atoms with van der Waals surface area (Å²) in [4.78, 5) is 31.8. The van der Waals surface area contributed by atoms with E-state index in [1.54, 1.807) is 11.3 Å². The van der Waals surface area contributed by atoms with Crippen molar-refractivity contribution in [3.63, 3.8) is 0 Å². The van der Waals surface area contributed by atoms with E-state index in [1.165, 1.54) is 97.0 Å². The molecule has 0 aliphatic rings. The van der Waals surface area contributed by atoms with Gasteiger partial charge in [-0.15, -0.1) is 22.7 Å². The standard InChI is InChI=1S/C21H21NO.3C19H17N.2C17H15NS.CH4/c1-15(2)23-20-13-9-17(10-14-20)8-12-19-6-4-5-18-11-7-16(3)22-21(18)19;2*1-14-5-3-6-16(13-14)10-12-18-8-4-7-17-11-9-15(2)20-19(17)18;1-14-6-9-16(10-7-14)11-13-18-5-3-4-17-12-8-15(2)20-19(17)18;1-12-6-8-14-4-3-5-15(17(14)18-12)9-11-16-10-7-13(2)19-16;1-12-10-16(19-11-12)9-8-15-5-3-4-14-7-6-13(2)18-17(14)15;/h4-15H,1-3H3;3*3-13H,1-2H3;2*3-11H,1-2H3;1H4/b12-8+;2*12-10+;13-11+;11-9+;9-8+;. The van der Waals surface area contributed by atoms with Crippen molar-refractivity contribution in [3.05, 3.63) is 429 Å². The summed E-state index contributed by atoms with van der Waals surface area (Å²) >= 11 is 3.58. The summed E-state index contributed by atoms with van der Waals surface area (Å²) < 4.78 is 5.67. The van der Waals surface area contributed by atoms with Crippen molar-refractivity contribution >= 4 is 161 Å². The van der Waals surface area contributed by atoms with Crippen molar-refractivity contribution in [1.29, 1.82) is 0 Å². The van der Waals surface area contributed by atoms with Crippen LogP contribution in [0.3, 0.4) is 0 Å². The summed E-state index contributed by atoms with van der Waals surface area (Å²) in [5.41, 5.74) is 29.6. The minimum absolute atomic E-state index is 0. The second-order valence-corrected chi connectivity index (χ2v) is 32.9. The molecule has 606 valence electrons. The molecule has 7 nitrogen and oxygen atoms in total. The molecule has 8 heterocycles. The highest BCUT2D eigenvalue weighted by molar-refractivity contribution is 7.12. The second kappa shape index (κ2) is 42.8. The normalized spacial score (nSPS) is 11.3. The Kier molecular flexibility index (Phi) is 30.7. The van der Waals surface area contributed by atoms with Crippen LogP contribution < -0.4 is 4.74 Å². The fourth-order valence-corrected chi connectivity index (χ4v) is 15.3. The van der Waals surface area contributed by atoms with Gasteiger partial charge in [-0.3, -0.25) is 29.9 Å². The number of aromatic nitrogens is 6. The first-order valence-corrected chi connectivity index (χ1v) is 42.8. The maximum absolute atomic E-state index is 5.67. The Labute approximate surface area is 729 Å². The van der Waals surface area contributed by atoms with E-state index >= 15 is 0 Å². The van der Waals surface area contributed by atoms with E-state index in [0.717, 1.165) is 101 Å². The van der Waals surface area contributed by atoms with Gasteiger partial charge in [0.15, 0.2) is 0 Å². The molecule has 0 aliphatic heterocycles. The third kappa shape index (κ3) is 25.2. The van der Waals surface area contributed by atoms with Crippen LogP contribution in [0.2, 0.25) is 0 Å². The van der Waals surface area contributed by atoms with Crippen molar-refractivity contribution in [1.82, 2.24) is 29.9 Å². The molecular formula is C113H106N6OS2. The second-order valence-electron chi connectivity index (χ2n) is 30.7. The van der Waals surface area contributed by atoms with Crippen molar-refractivity contribution < 1.29 is 4.74 Å². The van der Waals surface area contributed by atoms with Gasteiger partial charge in [-0.1, -0.05) is 315 Å². The topological polar surface area (TPSA) is 86.6 Å². The predicted octanol–water partition coefficient (Wildman–Crippen LogP) is 31.4. The number of thiophene rings is 2. The molecule has 0 radical (unpaired) electrons. The molecule has 0 unspecified atom stereocenters. The van der Waals surface area contributed by atoms with Crippen LogP contribution in [0.4, 0.5) is 0 Å². The smallest absolute Gasteiger partial charge is 0.119 e. The molecule has 0 saturated heterocycles. The van der Waals surface area contributed by atoms with E-state index in [1.807, 2.05) is 84.9 Å². The highest BCUT2D eigenvalue weighted by atomic mass is 32.1. The van der Waals surface area contributed by atoms with Gasteiger partial charge < -0.3 is 4.74 Å². The Morgan fingerprint density at radius 2 is 0.541 bits per heavy atom. The molecular weight excluding hydrogens is 1520 g/mol. The molecule has 0 spiro atoms. The lowest BCUT2D eigenvalue weighted by Crippen LogP contribution is -2.05. The molecule has 0 bridgehead atoms. The number of nitrogens with zero attached hydrogens (tertiary/aromatic N) is 6. The highest BCUT2D eigenvalue weighted by Gasteiger charge is 2.08. The van der Waals surface area contributed by atoms with Crippen molar-refractivity contribution in [2.45, 2.75) is 104 Å². The van der Waals surface area contributed by atoms with Gasteiger partial charge in [-0.2, -0.15) is 0 Å². The monoisotopic (exact) mass is 1630 g/mol. The number of rotatable bonds is 14. The lowest BCUT2D eigenvalue weighted by atomic mass is 10.1. The number of ether oxygens (including phenoxy) is 1. The van der Waals surface area contributed by atoms with Crippen LogP contribution in [0, 0.1) is 76.2 Å². The average molecular weight is 1630 g/mol. The third-order valence-electron chi connectivity index (χ3n) is 19.9. The van der Waals surface area contributed by atoms with Crippen LogP contribution in [0.15, 0.2) is 303 Å². The third-order valence-corrected chi connectivity index (χ3v) is 21.9. The minimum Gasteiger partial charge on any atom is -0.491 e. The van der Waals surface area contributed by atoms with Crippen molar-refractivity contribution in [2.24, 2.45) is 0 Å². The SMILES string of the molecule is C.Cc1ccc(/C=C/c2cccc3ccc(C)nc23)cc1.Cc1ccc2cccc(/C=C/c3ccc(C)s3)c2n1.Cc1ccc2cccc(/C=C/c3ccc(OC(C)C)cc3)c2n1.Cc1cccc(/C=C/c2cccc3ccc(C)nc23)c1.Cc1cccc(/C=C/c2cccc3ccc(C)nc23)c1.Cc1csc(/C=C/c2cccc3ccc(C)nc23)c1. The molecule has 10 aromatic carbocycles. The summed E-state index contributed by atoms with van der Waals surface area (Å²) in [7, 11) is 0. The van der Waals surface area contributed by atoms with Gasteiger partial charge in [0.05, 0.1) is 39.2 Å². The molecule has 18 aromatic rings. The van der Waals surface area contributed by atoms with Gasteiger partial charge in [0.25, 0.3) is 0 Å². The molecule has 122 heavy (non-hydrogen) atoms. The Balaban J connectivity index is 0.000000134. The number of para-hydroxylation sites is 6. The number of hydrogen-bond donors (Lipinski definition) is 0. The van der Waals surface area contributed by atoms with Gasteiger partial charge in [-0.05, 0) is 202 Å². The van der Waals surface area contributed by atoms with Crippen LogP contribution in [0.25, 0.3) is 138 Å². The minimum atomic E-state index is 0. The van der Waals surface area contributed by atoms with Gasteiger partial charge in [0.2, 0.25) is 0 Å². The number of hydrogen-bond acceptors (Lipinski definition) is 9. The number of pyridine rings is 6. The summed E-state index contributed by atoms with van der Waals surface area (Å²) in [6, 6.07) is 103. The molecule has 0 amide bonds. The lowest BCUT2D eigenvalue weighted by Gasteiger charge is -2.09.